The average Bonchev–Trinajstić information content (AvgIpc) is 2.10. The first-order chi connectivity index (χ1) is 6.52. The van der Waals surface area contributed by atoms with E-state index in [9.17, 15) is 4.79 Å². The van der Waals surface area contributed by atoms with Gasteiger partial charge in [-0.15, -0.1) is 0 Å². The Morgan fingerprint density at radius 2 is 2.07 bits per heavy atom. The van der Waals surface area contributed by atoms with E-state index in [2.05, 4.69) is 25.8 Å². The summed E-state index contributed by atoms with van der Waals surface area (Å²) in [7, 11) is 4.04. The quantitative estimate of drug-likeness (QED) is 0.656. The molecule has 3 aliphatic rings. The van der Waals surface area contributed by atoms with Crippen molar-refractivity contribution in [2.45, 2.75) is 44.8 Å². The molecule has 3 aliphatic heterocycles. The van der Waals surface area contributed by atoms with Gasteiger partial charge in [0.15, 0.2) is 0 Å². The molecule has 0 aromatic rings. The summed E-state index contributed by atoms with van der Waals surface area (Å²) in [6.07, 6.45) is 2.21. The third kappa shape index (κ3) is 1.26. The topological polar surface area (TPSA) is 23.6 Å². The van der Waals surface area contributed by atoms with E-state index in [1.54, 1.807) is 0 Å². The number of hydrogen-bond donors (Lipinski definition) is 0. The van der Waals surface area contributed by atoms with E-state index in [4.69, 9.17) is 0 Å². The van der Waals surface area contributed by atoms with Gasteiger partial charge in [0.05, 0.1) is 6.04 Å². The summed E-state index contributed by atoms with van der Waals surface area (Å²) in [5.74, 6) is 0.987. The lowest BCUT2D eigenvalue weighted by Crippen LogP contribution is -2.73. The third-order valence-corrected chi connectivity index (χ3v) is 3.77. The molecular weight excluding hydrogens is 176 g/mol. The summed E-state index contributed by atoms with van der Waals surface area (Å²) in [6, 6.07) is 1.25. The van der Waals surface area contributed by atoms with Crippen molar-refractivity contribution in [2.75, 3.05) is 14.1 Å². The molecule has 3 heteroatoms. The molecule has 80 valence electrons. The van der Waals surface area contributed by atoms with E-state index in [0.29, 0.717) is 23.9 Å². The minimum atomic E-state index is 0.188. The summed E-state index contributed by atoms with van der Waals surface area (Å²) < 4.78 is 0. The number of carbonyl (C=O) groups is 1. The van der Waals surface area contributed by atoms with Crippen molar-refractivity contribution >= 4 is 5.91 Å². The molecule has 0 radical (unpaired) electrons. The van der Waals surface area contributed by atoms with E-state index >= 15 is 0 Å². The van der Waals surface area contributed by atoms with Crippen LogP contribution in [0.25, 0.3) is 0 Å². The Morgan fingerprint density at radius 3 is 2.57 bits per heavy atom. The largest absolute Gasteiger partial charge is 0.340 e. The Kier molecular flexibility index (Phi) is 2.30. The maximum Gasteiger partial charge on any atom is 0.240 e. The molecule has 0 spiro atoms. The van der Waals surface area contributed by atoms with E-state index in [-0.39, 0.29) is 6.04 Å². The SMILES string of the molecule is CC(C)CC1C2CC(C(=O)N1C)N2C. The first-order valence-corrected chi connectivity index (χ1v) is 5.51. The van der Waals surface area contributed by atoms with Crippen molar-refractivity contribution in [3.63, 3.8) is 0 Å². The lowest BCUT2D eigenvalue weighted by Gasteiger charge is -2.57. The second-order valence-corrected chi connectivity index (χ2v) is 5.13. The molecule has 0 N–H and O–H groups in total. The Morgan fingerprint density at radius 1 is 1.43 bits per heavy atom. The first-order valence-electron chi connectivity index (χ1n) is 5.51. The average molecular weight is 196 g/mol. The van der Waals surface area contributed by atoms with Crippen LogP contribution in [-0.4, -0.2) is 47.9 Å². The fraction of sp³-hybridized carbons (Fsp3) is 0.909. The lowest BCUT2D eigenvalue weighted by atomic mass is 9.79. The normalized spacial score (nSPS) is 37.6. The number of hydrogen-bond acceptors (Lipinski definition) is 2. The standard InChI is InChI=1S/C11H20N2O/c1-7(2)5-8-9-6-10(12(9)3)11(14)13(8)4/h7-10H,5-6H2,1-4H3. The van der Waals surface area contributed by atoms with Gasteiger partial charge in [0.2, 0.25) is 5.91 Å². The Balaban J connectivity index is 2.11. The minimum absolute atomic E-state index is 0.188. The van der Waals surface area contributed by atoms with Crippen LogP contribution in [0.15, 0.2) is 0 Å². The highest BCUT2D eigenvalue weighted by atomic mass is 16.2. The highest BCUT2D eigenvalue weighted by Gasteiger charge is 2.52. The highest BCUT2D eigenvalue weighted by Crippen LogP contribution is 2.37. The molecule has 0 aromatic heterocycles. The maximum atomic E-state index is 11.8. The summed E-state index contributed by atoms with van der Waals surface area (Å²) in [4.78, 5) is 16.1. The first kappa shape index (κ1) is 9.97. The highest BCUT2D eigenvalue weighted by molar-refractivity contribution is 5.85. The van der Waals surface area contributed by atoms with Gasteiger partial charge < -0.3 is 4.90 Å². The number of fused-ring (bicyclic) bond motifs is 2. The molecule has 3 nitrogen and oxygen atoms in total. The number of piperazine rings is 1. The van der Waals surface area contributed by atoms with Crippen molar-refractivity contribution in [3.8, 4) is 0 Å². The number of nitrogens with zero attached hydrogens (tertiary/aromatic N) is 2. The van der Waals surface area contributed by atoms with E-state index in [0.717, 1.165) is 12.8 Å². The minimum Gasteiger partial charge on any atom is -0.340 e. The zero-order valence-corrected chi connectivity index (χ0v) is 9.53. The summed E-state index contributed by atoms with van der Waals surface area (Å²) >= 11 is 0. The smallest absolute Gasteiger partial charge is 0.240 e. The molecule has 14 heavy (non-hydrogen) atoms. The van der Waals surface area contributed by atoms with Crippen molar-refractivity contribution in [1.29, 1.82) is 0 Å². The van der Waals surface area contributed by atoms with Gasteiger partial charge in [-0.25, -0.2) is 0 Å². The van der Waals surface area contributed by atoms with Crippen LogP contribution in [0.4, 0.5) is 0 Å². The van der Waals surface area contributed by atoms with Crippen molar-refractivity contribution in [2.24, 2.45) is 5.92 Å². The van der Waals surface area contributed by atoms with Gasteiger partial charge >= 0.3 is 0 Å². The fourth-order valence-electron chi connectivity index (χ4n) is 2.81. The molecule has 3 unspecified atom stereocenters. The van der Waals surface area contributed by atoms with E-state index in [1.807, 2.05) is 11.9 Å². The zero-order valence-electron chi connectivity index (χ0n) is 9.53. The Hall–Kier alpha value is -0.570. The van der Waals surface area contributed by atoms with Gasteiger partial charge in [-0.1, -0.05) is 13.8 Å². The predicted molar refractivity (Wildman–Crippen MR) is 56.0 cm³/mol. The molecule has 1 amide bonds. The van der Waals surface area contributed by atoms with Gasteiger partial charge in [0.25, 0.3) is 0 Å². The van der Waals surface area contributed by atoms with Crippen molar-refractivity contribution in [3.05, 3.63) is 0 Å². The molecule has 3 fully saturated rings. The zero-order chi connectivity index (χ0) is 10.5. The summed E-state index contributed by atoms with van der Waals surface area (Å²) in [5.41, 5.74) is 0. The molecule has 0 saturated carbocycles. The lowest BCUT2D eigenvalue weighted by molar-refractivity contribution is -0.164. The molecular formula is C11H20N2O. The number of carbonyl (C=O) groups excluding carboxylic acids is 1. The Labute approximate surface area is 86.1 Å². The molecule has 2 bridgehead atoms. The summed E-state index contributed by atoms with van der Waals surface area (Å²) in [6.45, 7) is 4.45. The monoisotopic (exact) mass is 196 g/mol. The Bertz CT molecular complexity index is 252. The van der Waals surface area contributed by atoms with Crippen LogP contribution in [0.3, 0.4) is 0 Å². The molecule has 3 saturated heterocycles. The molecule has 3 atom stereocenters. The van der Waals surface area contributed by atoms with Crippen LogP contribution in [0.2, 0.25) is 0 Å². The van der Waals surface area contributed by atoms with Crippen LogP contribution >= 0.6 is 0 Å². The fourth-order valence-corrected chi connectivity index (χ4v) is 2.81. The number of likely N-dealkylation sites (N-methyl/N-ethyl adjacent to an activating group) is 2. The van der Waals surface area contributed by atoms with Crippen LogP contribution in [0, 0.1) is 5.92 Å². The van der Waals surface area contributed by atoms with E-state index < -0.39 is 0 Å². The van der Waals surface area contributed by atoms with Crippen LogP contribution < -0.4 is 0 Å². The number of rotatable bonds is 2. The molecule has 3 rings (SSSR count). The van der Waals surface area contributed by atoms with Gasteiger partial charge in [0, 0.05) is 19.1 Å². The van der Waals surface area contributed by atoms with Gasteiger partial charge in [-0.3, -0.25) is 9.69 Å². The van der Waals surface area contributed by atoms with Crippen LogP contribution in [0.5, 0.6) is 0 Å². The molecule has 3 heterocycles. The second-order valence-electron chi connectivity index (χ2n) is 5.13. The second kappa shape index (κ2) is 3.23. The van der Waals surface area contributed by atoms with Crippen LogP contribution in [0.1, 0.15) is 26.7 Å². The molecule has 0 aromatic carbocycles. The molecule has 0 aliphatic carbocycles. The van der Waals surface area contributed by atoms with Crippen molar-refractivity contribution < 1.29 is 4.79 Å². The third-order valence-electron chi connectivity index (χ3n) is 3.77. The maximum absolute atomic E-state index is 11.8. The van der Waals surface area contributed by atoms with E-state index in [1.165, 1.54) is 0 Å². The van der Waals surface area contributed by atoms with Crippen molar-refractivity contribution in [1.82, 2.24) is 9.80 Å². The van der Waals surface area contributed by atoms with Gasteiger partial charge in [0.1, 0.15) is 0 Å². The van der Waals surface area contributed by atoms with Crippen LogP contribution in [-0.2, 0) is 4.79 Å². The number of piperidine rings is 1. The van der Waals surface area contributed by atoms with Gasteiger partial charge in [-0.05, 0) is 25.8 Å². The number of amides is 1. The summed E-state index contributed by atoms with van der Waals surface area (Å²) in [5, 5.41) is 0. The van der Waals surface area contributed by atoms with Gasteiger partial charge in [-0.2, -0.15) is 0 Å². The predicted octanol–water partition coefficient (Wildman–Crippen LogP) is 0.946.